The molecule has 0 aliphatic carbocycles. The topological polar surface area (TPSA) is 37.3 Å². The van der Waals surface area contributed by atoms with E-state index in [1.165, 1.54) is 16.9 Å². The van der Waals surface area contributed by atoms with E-state index < -0.39 is 11.9 Å². The van der Waals surface area contributed by atoms with Gasteiger partial charge in [-0.2, -0.15) is 0 Å². The maximum atomic E-state index is 11.4. The smallest absolute Gasteiger partial charge is 0.312 e. The number of rotatable bonds is 5. The maximum absolute atomic E-state index is 11.4. The van der Waals surface area contributed by atoms with Crippen LogP contribution < -0.4 is 0 Å². The Morgan fingerprint density at radius 2 is 1.84 bits per heavy atom. The molecule has 0 radical (unpaired) electrons. The summed E-state index contributed by atoms with van der Waals surface area (Å²) in [5.41, 5.74) is 2.30. The summed E-state index contributed by atoms with van der Waals surface area (Å²) in [7, 11) is 0. The van der Waals surface area contributed by atoms with Crippen molar-refractivity contribution in [3.63, 3.8) is 0 Å². The highest BCUT2D eigenvalue weighted by atomic mass is 35.5. The third kappa shape index (κ3) is 3.58. The lowest BCUT2D eigenvalue weighted by atomic mass is 9.97. The van der Waals surface area contributed by atoms with Gasteiger partial charge in [0.2, 0.25) is 0 Å². The molecule has 19 heavy (non-hydrogen) atoms. The molecule has 1 heterocycles. The molecule has 2 nitrogen and oxygen atoms in total. The van der Waals surface area contributed by atoms with Crippen LogP contribution in [-0.2, 0) is 17.6 Å². The third-order valence-corrected chi connectivity index (χ3v) is 4.45. The Hall–Kier alpha value is -1.32. The number of benzene rings is 1. The molecule has 0 aliphatic rings. The second-order valence-corrected chi connectivity index (χ2v) is 6.15. The fourth-order valence-electron chi connectivity index (χ4n) is 1.97. The molecule has 0 saturated heterocycles. The Morgan fingerprint density at radius 1 is 1.21 bits per heavy atom. The van der Waals surface area contributed by atoms with Crippen LogP contribution in [0.15, 0.2) is 36.4 Å². The highest BCUT2D eigenvalue weighted by molar-refractivity contribution is 7.16. The lowest BCUT2D eigenvalue weighted by molar-refractivity contribution is -0.138. The molecule has 1 N–H and O–H groups in total. The minimum atomic E-state index is -0.807. The molecule has 4 heteroatoms. The number of thiophene rings is 1. The minimum Gasteiger partial charge on any atom is -0.481 e. The van der Waals surface area contributed by atoms with Gasteiger partial charge in [-0.25, -0.2) is 0 Å². The molecular formula is C15H15ClO2S. The summed E-state index contributed by atoms with van der Waals surface area (Å²) in [5, 5.41) is 9.36. The van der Waals surface area contributed by atoms with Crippen LogP contribution >= 0.6 is 22.9 Å². The molecule has 1 aromatic carbocycles. The SMILES string of the molecule is CCc1ccc(CC(C(=O)O)c2ccc(Cl)s2)cc1. The summed E-state index contributed by atoms with van der Waals surface area (Å²) in [6.45, 7) is 2.10. The molecule has 100 valence electrons. The monoisotopic (exact) mass is 294 g/mol. The molecule has 2 rings (SSSR count). The fraction of sp³-hybridized carbons (Fsp3) is 0.267. The van der Waals surface area contributed by atoms with Crippen molar-refractivity contribution in [2.24, 2.45) is 0 Å². The molecule has 2 aromatic rings. The predicted molar refractivity (Wildman–Crippen MR) is 79.2 cm³/mol. The number of carboxylic acids is 1. The molecule has 0 aliphatic heterocycles. The Bertz CT molecular complexity index is 560. The van der Waals surface area contributed by atoms with Crippen LogP contribution in [0.2, 0.25) is 4.34 Å². The summed E-state index contributed by atoms with van der Waals surface area (Å²) in [6.07, 6.45) is 1.49. The van der Waals surface area contributed by atoms with Crippen LogP contribution in [0.1, 0.15) is 28.8 Å². The molecule has 1 atom stereocenters. The Morgan fingerprint density at radius 3 is 2.32 bits per heavy atom. The van der Waals surface area contributed by atoms with Gasteiger partial charge in [-0.1, -0.05) is 42.8 Å². The van der Waals surface area contributed by atoms with E-state index >= 15 is 0 Å². The van der Waals surface area contributed by atoms with Crippen LogP contribution in [-0.4, -0.2) is 11.1 Å². The van der Waals surface area contributed by atoms with Gasteiger partial charge in [0.1, 0.15) is 0 Å². The van der Waals surface area contributed by atoms with Crippen LogP contribution in [0.5, 0.6) is 0 Å². The van der Waals surface area contributed by atoms with E-state index in [2.05, 4.69) is 19.1 Å². The minimum absolute atomic E-state index is 0.496. The maximum Gasteiger partial charge on any atom is 0.312 e. The highest BCUT2D eigenvalue weighted by Crippen LogP contribution is 2.30. The second kappa shape index (κ2) is 6.22. The molecule has 1 aromatic heterocycles. The number of aliphatic carboxylic acids is 1. The first kappa shape index (κ1) is 14.1. The Kier molecular flexibility index (Phi) is 4.61. The van der Waals surface area contributed by atoms with Gasteiger partial charge in [0.15, 0.2) is 0 Å². The van der Waals surface area contributed by atoms with Crippen LogP contribution in [0.3, 0.4) is 0 Å². The number of aryl methyl sites for hydroxylation is 1. The zero-order valence-corrected chi connectivity index (χ0v) is 12.2. The van der Waals surface area contributed by atoms with E-state index in [4.69, 9.17) is 11.6 Å². The van der Waals surface area contributed by atoms with Crippen molar-refractivity contribution in [2.75, 3.05) is 0 Å². The van der Waals surface area contributed by atoms with E-state index in [9.17, 15) is 9.90 Å². The average molecular weight is 295 g/mol. The number of carbonyl (C=O) groups is 1. The van der Waals surface area contributed by atoms with Crippen LogP contribution in [0, 0.1) is 0 Å². The van der Waals surface area contributed by atoms with Gasteiger partial charge < -0.3 is 5.11 Å². The van der Waals surface area contributed by atoms with Gasteiger partial charge in [0.25, 0.3) is 0 Å². The summed E-state index contributed by atoms with van der Waals surface area (Å²) in [6, 6.07) is 11.7. The second-order valence-electron chi connectivity index (χ2n) is 4.41. The lowest BCUT2D eigenvalue weighted by Crippen LogP contribution is -2.13. The van der Waals surface area contributed by atoms with E-state index in [1.54, 1.807) is 12.1 Å². The van der Waals surface area contributed by atoms with Crippen LogP contribution in [0.4, 0.5) is 0 Å². The Balaban J connectivity index is 2.18. The third-order valence-electron chi connectivity index (χ3n) is 3.11. The number of carboxylic acid groups (broad SMARTS) is 1. The summed E-state index contributed by atoms with van der Waals surface area (Å²) in [5.74, 6) is -1.33. The molecule has 0 saturated carbocycles. The zero-order chi connectivity index (χ0) is 13.8. The van der Waals surface area contributed by atoms with E-state index in [0.717, 1.165) is 16.9 Å². The first-order valence-corrected chi connectivity index (χ1v) is 7.35. The van der Waals surface area contributed by atoms with Crippen molar-refractivity contribution >= 4 is 28.9 Å². The van der Waals surface area contributed by atoms with Gasteiger partial charge in [-0.15, -0.1) is 11.3 Å². The van der Waals surface area contributed by atoms with E-state index in [1.807, 2.05) is 12.1 Å². The van der Waals surface area contributed by atoms with Crippen molar-refractivity contribution in [3.05, 3.63) is 56.7 Å². The van der Waals surface area contributed by atoms with Gasteiger partial charge in [-0.05, 0) is 36.1 Å². The van der Waals surface area contributed by atoms with Gasteiger partial charge in [0, 0.05) is 4.88 Å². The van der Waals surface area contributed by atoms with Gasteiger partial charge in [-0.3, -0.25) is 4.79 Å². The van der Waals surface area contributed by atoms with Crippen LogP contribution in [0.25, 0.3) is 0 Å². The lowest BCUT2D eigenvalue weighted by Gasteiger charge is -2.11. The summed E-state index contributed by atoms with van der Waals surface area (Å²) >= 11 is 7.21. The predicted octanol–water partition coefficient (Wildman–Crippen LogP) is 4.37. The molecule has 1 unspecified atom stereocenters. The number of hydrogen-bond acceptors (Lipinski definition) is 2. The first-order valence-electron chi connectivity index (χ1n) is 6.16. The largest absolute Gasteiger partial charge is 0.481 e. The average Bonchev–Trinajstić information content (AvgIpc) is 2.82. The summed E-state index contributed by atoms with van der Waals surface area (Å²) in [4.78, 5) is 12.2. The highest BCUT2D eigenvalue weighted by Gasteiger charge is 2.22. The van der Waals surface area contributed by atoms with Crippen molar-refractivity contribution in [1.82, 2.24) is 0 Å². The fourth-order valence-corrected chi connectivity index (χ4v) is 3.13. The number of halogens is 1. The first-order chi connectivity index (χ1) is 9.10. The van der Waals surface area contributed by atoms with Crippen molar-refractivity contribution in [1.29, 1.82) is 0 Å². The Labute approximate surface area is 121 Å². The van der Waals surface area contributed by atoms with E-state index in [-0.39, 0.29) is 0 Å². The molecule has 0 spiro atoms. The number of hydrogen-bond donors (Lipinski definition) is 1. The normalized spacial score (nSPS) is 12.3. The van der Waals surface area contributed by atoms with Crippen molar-refractivity contribution in [2.45, 2.75) is 25.7 Å². The standard InChI is InChI=1S/C15H15ClO2S/c1-2-10-3-5-11(6-4-10)9-12(15(17)18)13-7-8-14(16)19-13/h3-8,12H,2,9H2,1H3,(H,17,18). The molecule has 0 amide bonds. The summed E-state index contributed by atoms with van der Waals surface area (Å²) < 4.78 is 0.627. The molecule has 0 bridgehead atoms. The molecule has 0 fully saturated rings. The van der Waals surface area contributed by atoms with Gasteiger partial charge in [0.05, 0.1) is 10.3 Å². The van der Waals surface area contributed by atoms with Gasteiger partial charge >= 0.3 is 5.97 Å². The quantitative estimate of drug-likeness (QED) is 0.889. The van der Waals surface area contributed by atoms with Crippen molar-refractivity contribution < 1.29 is 9.90 Å². The van der Waals surface area contributed by atoms with E-state index in [0.29, 0.717) is 10.8 Å². The zero-order valence-electron chi connectivity index (χ0n) is 10.6. The molecular weight excluding hydrogens is 280 g/mol. The van der Waals surface area contributed by atoms with Crippen molar-refractivity contribution in [3.8, 4) is 0 Å².